The number of halogens is 1. The predicted octanol–water partition coefficient (Wildman–Crippen LogP) is -0.753. The van der Waals surface area contributed by atoms with Gasteiger partial charge in [-0.2, -0.15) is 0 Å². The van der Waals surface area contributed by atoms with Crippen LogP contribution in [-0.2, 0) is 36.9 Å². The van der Waals surface area contributed by atoms with Gasteiger partial charge in [0.2, 0.25) is 5.91 Å². The van der Waals surface area contributed by atoms with E-state index in [0.29, 0.717) is 29.3 Å². The summed E-state index contributed by atoms with van der Waals surface area (Å²) < 4.78 is 0. The number of aromatic nitrogens is 2. The molecule has 7 N–H and O–H groups in total. The third-order valence-corrected chi connectivity index (χ3v) is 8.11. The molecule has 1 aliphatic heterocycles. The Hall–Kier alpha value is -4.15. The van der Waals surface area contributed by atoms with Gasteiger partial charge in [0.25, 0.3) is 5.91 Å². The molecule has 0 bridgehead atoms. The maximum Gasteiger partial charge on any atom is 0.314 e. The first kappa shape index (κ1) is 33.4. The Morgan fingerprint density at radius 3 is 2.33 bits per heavy atom. The lowest BCUT2D eigenvalue weighted by Crippen LogP contribution is -2.57. The number of primary amides is 2. The van der Waals surface area contributed by atoms with E-state index in [1.165, 1.54) is 28.5 Å². The Kier molecular flexibility index (Phi) is 11.5. The number of rotatable bonds is 5. The van der Waals surface area contributed by atoms with Crippen molar-refractivity contribution >= 4 is 64.2 Å². The van der Waals surface area contributed by atoms with E-state index in [9.17, 15) is 28.8 Å². The molecule has 15 nitrogen and oxygen atoms in total. The van der Waals surface area contributed by atoms with E-state index in [-0.39, 0.29) is 23.6 Å². The second-order valence-electron chi connectivity index (χ2n) is 10.3. The van der Waals surface area contributed by atoms with Crippen molar-refractivity contribution in [2.24, 2.45) is 17.4 Å². The summed E-state index contributed by atoms with van der Waals surface area (Å²) in [5.74, 6) is -4.45. The fourth-order valence-electron chi connectivity index (χ4n) is 4.60. The second-order valence-corrected chi connectivity index (χ2v) is 11.8. The first-order valence-electron chi connectivity index (χ1n) is 13.3. The molecule has 0 spiro atoms. The lowest BCUT2D eigenvalue weighted by Gasteiger charge is -2.37. The molecule has 1 aliphatic carbocycles. The maximum atomic E-state index is 13.2. The highest BCUT2D eigenvalue weighted by Crippen LogP contribution is 2.28. The van der Waals surface area contributed by atoms with Crippen molar-refractivity contribution in [3.8, 4) is 0 Å². The molecule has 3 atom stereocenters. The van der Waals surface area contributed by atoms with E-state index >= 15 is 0 Å². The summed E-state index contributed by atoms with van der Waals surface area (Å²) in [6.45, 7) is 1.63. The van der Waals surface area contributed by atoms with Gasteiger partial charge in [-0.3, -0.25) is 28.8 Å². The molecular formula is C26H34ClN9O6S. The van der Waals surface area contributed by atoms with Crippen molar-refractivity contribution in [3.63, 3.8) is 0 Å². The highest BCUT2D eigenvalue weighted by Gasteiger charge is 2.37. The zero-order chi connectivity index (χ0) is 31.8. The number of anilines is 1. The van der Waals surface area contributed by atoms with Gasteiger partial charge < -0.3 is 37.2 Å². The van der Waals surface area contributed by atoms with Crippen LogP contribution in [0, 0.1) is 5.92 Å². The van der Waals surface area contributed by atoms with E-state index < -0.39 is 35.7 Å². The minimum Gasteiger partial charge on any atom is -0.361 e. The molecule has 2 aliphatic rings. The summed E-state index contributed by atoms with van der Waals surface area (Å²) >= 11 is 7.17. The van der Waals surface area contributed by atoms with Gasteiger partial charge in [-0.15, -0.1) is 11.3 Å². The third kappa shape index (κ3) is 9.42. The van der Waals surface area contributed by atoms with Crippen molar-refractivity contribution in [2.75, 3.05) is 33.0 Å². The van der Waals surface area contributed by atoms with Gasteiger partial charge in [0.15, 0.2) is 5.01 Å². The topological polar surface area (TPSA) is 223 Å². The van der Waals surface area contributed by atoms with Gasteiger partial charge in [0, 0.05) is 56.6 Å². The van der Waals surface area contributed by atoms with Gasteiger partial charge >= 0.3 is 23.6 Å². The number of hydrogen-bond acceptors (Lipinski definition) is 10. The van der Waals surface area contributed by atoms with Crippen molar-refractivity contribution in [1.82, 2.24) is 30.4 Å². The summed E-state index contributed by atoms with van der Waals surface area (Å²) in [7, 11) is 5.41. The van der Waals surface area contributed by atoms with Crippen LogP contribution in [0.25, 0.3) is 0 Å². The Morgan fingerprint density at radius 2 is 1.72 bits per heavy atom. The highest BCUT2D eigenvalue weighted by atomic mass is 35.5. The van der Waals surface area contributed by atoms with Crippen LogP contribution in [0.1, 0.15) is 39.6 Å². The molecule has 0 saturated heterocycles. The minimum atomic E-state index is -1.10. The molecule has 3 heterocycles. The van der Waals surface area contributed by atoms with Gasteiger partial charge in [0.05, 0.1) is 16.8 Å². The standard InChI is InChI=1S/C24H30ClN7O4S.C2H4N2O2/c1-31(2)24(36)13-4-6-15(27-20(33)21(34)30-19-7-5-14(25)11-26-19)17(10-13)28-22(35)23-29-16-8-9-32(3)12-18(16)37-23;3-1(5)2(4)6/h5,7,11,13,15,17H,4,6,8-10,12H2,1-3H3,(H,27,33)(H,28,35)(H,26,30,34);(H2,3,5)(H2,4,6)/t13-,15-,17+;/m0./s1. The first-order valence-corrected chi connectivity index (χ1v) is 14.5. The number of carbonyl (C=O) groups is 6. The molecule has 17 heteroatoms. The number of fused-ring (bicyclic) bond motifs is 1. The van der Waals surface area contributed by atoms with Crippen LogP contribution in [0.2, 0.25) is 5.02 Å². The lowest BCUT2D eigenvalue weighted by atomic mass is 9.81. The first-order chi connectivity index (χ1) is 20.2. The van der Waals surface area contributed by atoms with E-state index in [2.05, 4.69) is 42.3 Å². The number of hydrogen-bond donors (Lipinski definition) is 5. The summed E-state index contributed by atoms with van der Waals surface area (Å²) in [5.41, 5.74) is 9.58. The van der Waals surface area contributed by atoms with Crippen LogP contribution in [-0.4, -0.2) is 95.0 Å². The van der Waals surface area contributed by atoms with Crippen LogP contribution >= 0.6 is 22.9 Å². The SMILES string of the molecule is CN1CCc2nc(C(=O)N[C@@H]3C[C@@H](C(=O)N(C)C)CC[C@@H]3NC(=O)C(=O)Nc3ccc(Cl)cn3)sc2C1.NC(=O)C(N)=O. The largest absolute Gasteiger partial charge is 0.361 e. The van der Waals surface area contributed by atoms with E-state index in [1.54, 1.807) is 20.2 Å². The number of thiazole rings is 1. The van der Waals surface area contributed by atoms with Crippen LogP contribution in [0.5, 0.6) is 0 Å². The fraction of sp³-hybridized carbons (Fsp3) is 0.462. The fourth-order valence-corrected chi connectivity index (χ4v) is 5.80. The smallest absolute Gasteiger partial charge is 0.314 e. The Labute approximate surface area is 256 Å². The summed E-state index contributed by atoms with van der Waals surface area (Å²) in [6, 6.07) is 1.95. The van der Waals surface area contributed by atoms with Crippen LogP contribution in [0.4, 0.5) is 5.82 Å². The molecule has 0 aromatic carbocycles. The number of carbonyl (C=O) groups excluding carboxylic acids is 6. The molecule has 1 fully saturated rings. The van der Waals surface area contributed by atoms with Crippen LogP contribution < -0.4 is 27.4 Å². The molecule has 0 unspecified atom stereocenters. The van der Waals surface area contributed by atoms with Gasteiger partial charge in [-0.1, -0.05) is 11.6 Å². The average Bonchev–Trinajstić information content (AvgIpc) is 3.38. The number of amides is 6. The Bertz CT molecular complexity index is 1370. The van der Waals surface area contributed by atoms with Crippen molar-refractivity contribution < 1.29 is 28.8 Å². The number of likely N-dealkylation sites (N-methyl/N-ethyl adjacent to an activating group) is 1. The molecule has 2 aromatic heterocycles. The molecule has 232 valence electrons. The van der Waals surface area contributed by atoms with Crippen molar-refractivity contribution in [3.05, 3.63) is 38.9 Å². The zero-order valence-electron chi connectivity index (χ0n) is 23.9. The second kappa shape index (κ2) is 14.8. The molecule has 43 heavy (non-hydrogen) atoms. The monoisotopic (exact) mass is 635 g/mol. The van der Waals surface area contributed by atoms with Gasteiger partial charge in [-0.25, -0.2) is 9.97 Å². The Morgan fingerprint density at radius 1 is 1.02 bits per heavy atom. The number of nitrogens with one attached hydrogen (secondary N) is 3. The molecule has 6 amide bonds. The van der Waals surface area contributed by atoms with Gasteiger partial charge in [-0.05, 0) is 38.4 Å². The molecular weight excluding hydrogens is 602 g/mol. The van der Waals surface area contributed by atoms with Crippen LogP contribution in [0.15, 0.2) is 18.3 Å². The van der Waals surface area contributed by atoms with Crippen molar-refractivity contribution in [2.45, 2.75) is 44.3 Å². The molecule has 4 rings (SSSR count). The molecule has 1 saturated carbocycles. The summed E-state index contributed by atoms with van der Waals surface area (Å²) in [5, 5.41) is 8.91. The normalized spacial score (nSPS) is 19.5. The molecule has 2 aromatic rings. The number of pyridine rings is 1. The van der Waals surface area contributed by atoms with Gasteiger partial charge in [0.1, 0.15) is 5.82 Å². The predicted molar refractivity (Wildman–Crippen MR) is 158 cm³/mol. The minimum absolute atomic E-state index is 0.0386. The number of nitrogens with zero attached hydrogens (tertiary/aromatic N) is 4. The van der Waals surface area contributed by atoms with E-state index in [4.69, 9.17) is 11.6 Å². The third-order valence-electron chi connectivity index (χ3n) is 6.81. The number of nitrogens with two attached hydrogens (primary N) is 2. The quantitative estimate of drug-likeness (QED) is 0.260. The zero-order valence-corrected chi connectivity index (χ0v) is 25.5. The maximum absolute atomic E-state index is 13.2. The highest BCUT2D eigenvalue weighted by molar-refractivity contribution is 7.13. The van der Waals surface area contributed by atoms with E-state index in [0.717, 1.165) is 30.1 Å². The lowest BCUT2D eigenvalue weighted by molar-refractivity contribution is -0.137. The van der Waals surface area contributed by atoms with Crippen molar-refractivity contribution in [1.29, 1.82) is 0 Å². The molecule has 0 radical (unpaired) electrons. The Balaban J connectivity index is 0.000000765. The summed E-state index contributed by atoms with van der Waals surface area (Å²) in [4.78, 5) is 83.2. The summed E-state index contributed by atoms with van der Waals surface area (Å²) in [6.07, 6.45) is 3.42. The van der Waals surface area contributed by atoms with Crippen LogP contribution in [0.3, 0.4) is 0 Å². The average molecular weight is 636 g/mol. The van der Waals surface area contributed by atoms with E-state index in [1.807, 2.05) is 7.05 Å².